The molecule has 1 aliphatic rings. The van der Waals surface area contributed by atoms with Gasteiger partial charge >= 0.3 is 0 Å². The number of rotatable bonds is 5. The highest BCUT2D eigenvalue weighted by atomic mass is 35.5. The predicted molar refractivity (Wildman–Crippen MR) is 100 cm³/mol. The maximum Gasteiger partial charge on any atom is 0.280 e. The molecule has 142 valence electrons. The van der Waals surface area contributed by atoms with E-state index in [2.05, 4.69) is 9.71 Å². The van der Waals surface area contributed by atoms with Crippen molar-refractivity contribution in [2.24, 2.45) is 7.05 Å². The first kappa shape index (κ1) is 19.3. The van der Waals surface area contributed by atoms with E-state index < -0.39 is 16.3 Å². The van der Waals surface area contributed by atoms with Crippen LogP contribution in [0.2, 0.25) is 5.02 Å². The molecule has 1 saturated heterocycles. The molecule has 1 aromatic carbocycles. The molecular weight excluding hydrogens is 376 g/mol. The summed E-state index contributed by atoms with van der Waals surface area (Å²) in [4.78, 5) is 4.33. The average molecular weight is 399 g/mol. The molecule has 1 N–H and O–H groups in total. The maximum atomic E-state index is 13.0. The van der Waals surface area contributed by atoms with E-state index in [1.165, 1.54) is 4.31 Å². The van der Waals surface area contributed by atoms with Crippen molar-refractivity contribution in [3.63, 3.8) is 0 Å². The Balaban J connectivity index is 1.92. The Hall–Kier alpha value is -1.45. The van der Waals surface area contributed by atoms with E-state index in [0.29, 0.717) is 23.9 Å². The standard InChI is InChI=1S/C17H23ClN4O3S/c1-12-10-22(11-13(2)25-12)26(23,24)20-16(17-19-8-9-21(17)3)14-4-6-15(18)7-5-14/h4-9,12-13,16,20H,10-11H2,1-3H3/t12-,13-,16-/m1/s1. The SMILES string of the molecule is C[C@@H]1CN(S(=O)(=O)N[C@H](c2ccc(Cl)cc2)c2nccn2C)C[C@@H](C)O1. The van der Waals surface area contributed by atoms with Crippen LogP contribution in [0.3, 0.4) is 0 Å². The highest BCUT2D eigenvalue weighted by Crippen LogP contribution is 2.24. The van der Waals surface area contributed by atoms with Crippen LogP contribution in [-0.4, -0.2) is 47.6 Å². The fourth-order valence-electron chi connectivity index (χ4n) is 3.13. The Labute approximate surface area is 159 Å². The number of nitrogens with one attached hydrogen (secondary N) is 1. The minimum atomic E-state index is -3.73. The van der Waals surface area contributed by atoms with Gasteiger partial charge in [0.2, 0.25) is 0 Å². The zero-order chi connectivity index (χ0) is 18.9. The Morgan fingerprint density at radius 2 is 1.85 bits per heavy atom. The summed E-state index contributed by atoms with van der Waals surface area (Å²) >= 11 is 5.98. The van der Waals surface area contributed by atoms with E-state index in [1.807, 2.05) is 20.9 Å². The number of hydrogen-bond acceptors (Lipinski definition) is 4. The van der Waals surface area contributed by atoms with Crippen molar-refractivity contribution in [3.8, 4) is 0 Å². The van der Waals surface area contributed by atoms with Crippen LogP contribution in [0, 0.1) is 0 Å². The van der Waals surface area contributed by atoms with Crippen LogP contribution in [0.15, 0.2) is 36.7 Å². The monoisotopic (exact) mass is 398 g/mol. The topological polar surface area (TPSA) is 76.5 Å². The van der Waals surface area contributed by atoms with Crippen molar-refractivity contribution < 1.29 is 13.2 Å². The quantitative estimate of drug-likeness (QED) is 0.836. The number of imidazole rings is 1. The summed E-state index contributed by atoms with van der Waals surface area (Å²) in [6, 6.07) is 6.45. The summed E-state index contributed by atoms with van der Waals surface area (Å²) < 4.78 is 37.7. The second-order valence-electron chi connectivity index (χ2n) is 6.58. The van der Waals surface area contributed by atoms with Gasteiger partial charge in [-0.3, -0.25) is 0 Å². The number of morpholine rings is 1. The molecule has 0 aliphatic carbocycles. The lowest BCUT2D eigenvalue weighted by molar-refractivity contribution is -0.0444. The normalized spacial score (nSPS) is 23.1. The lowest BCUT2D eigenvalue weighted by Gasteiger charge is -2.35. The summed E-state index contributed by atoms with van der Waals surface area (Å²) in [6.45, 7) is 4.36. The maximum absolute atomic E-state index is 13.0. The number of ether oxygens (including phenoxy) is 1. The Morgan fingerprint density at radius 1 is 1.23 bits per heavy atom. The number of benzene rings is 1. The highest BCUT2D eigenvalue weighted by Gasteiger charge is 2.34. The number of nitrogens with zero attached hydrogens (tertiary/aromatic N) is 3. The molecule has 3 rings (SSSR count). The molecule has 3 atom stereocenters. The van der Waals surface area contributed by atoms with Crippen molar-refractivity contribution >= 4 is 21.8 Å². The predicted octanol–water partition coefficient (Wildman–Crippen LogP) is 2.11. The number of halogens is 1. The highest BCUT2D eigenvalue weighted by molar-refractivity contribution is 7.87. The largest absolute Gasteiger partial charge is 0.373 e. The summed E-state index contributed by atoms with van der Waals surface area (Å²) in [5.41, 5.74) is 0.765. The molecule has 0 bridgehead atoms. The second kappa shape index (κ2) is 7.66. The third-order valence-electron chi connectivity index (χ3n) is 4.31. The fourth-order valence-corrected chi connectivity index (χ4v) is 4.76. The number of aryl methyl sites for hydroxylation is 1. The zero-order valence-electron chi connectivity index (χ0n) is 15.0. The van der Waals surface area contributed by atoms with Gasteiger partial charge in [0.15, 0.2) is 0 Å². The summed E-state index contributed by atoms with van der Waals surface area (Å²) in [5.74, 6) is 0.602. The molecule has 26 heavy (non-hydrogen) atoms. The molecule has 0 amide bonds. The van der Waals surface area contributed by atoms with Crippen LogP contribution in [0.5, 0.6) is 0 Å². The van der Waals surface area contributed by atoms with Crippen LogP contribution in [0.4, 0.5) is 0 Å². The average Bonchev–Trinajstić information content (AvgIpc) is 2.98. The molecule has 0 radical (unpaired) electrons. The molecular formula is C17H23ClN4O3S. The molecule has 1 fully saturated rings. The van der Waals surface area contributed by atoms with Gasteiger partial charge < -0.3 is 9.30 Å². The van der Waals surface area contributed by atoms with Crippen molar-refractivity contribution in [2.75, 3.05) is 13.1 Å². The van der Waals surface area contributed by atoms with Gasteiger partial charge in [-0.1, -0.05) is 23.7 Å². The van der Waals surface area contributed by atoms with Crippen molar-refractivity contribution in [1.29, 1.82) is 0 Å². The fraction of sp³-hybridized carbons (Fsp3) is 0.471. The minimum Gasteiger partial charge on any atom is -0.373 e. The third kappa shape index (κ3) is 4.27. The lowest BCUT2D eigenvalue weighted by atomic mass is 10.1. The van der Waals surface area contributed by atoms with Crippen LogP contribution in [0.1, 0.15) is 31.3 Å². The first-order valence-corrected chi connectivity index (χ1v) is 10.2. The van der Waals surface area contributed by atoms with Gasteiger partial charge in [-0.2, -0.15) is 17.4 Å². The van der Waals surface area contributed by atoms with Crippen molar-refractivity contribution in [1.82, 2.24) is 18.6 Å². The van der Waals surface area contributed by atoms with Crippen molar-refractivity contribution in [2.45, 2.75) is 32.1 Å². The second-order valence-corrected chi connectivity index (χ2v) is 8.72. The van der Waals surface area contributed by atoms with E-state index in [4.69, 9.17) is 16.3 Å². The number of hydrogen-bond donors (Lipinski definition) is 1. The van der Waals surface area contributed by atoms with Gasteiger partial charge in [-0.05, 0) is 31.5 Å². The van der Waals surface area contributed by atoms with Gasteiger partial charge in [0.05, 0.1) is 12.2 Å². The summed E-state index contributed by atoms with van der Waals surface area (Å²) in [5, 5.41) is 0.589. The summed E-state index contributed by atoms with van der Waals surface area (Å²) in [6.07, 6.45) is 3.12. The van der Waals surface area contributed by atoms with Crippen LogP contribution >= 0.6 is 11.6 Å². The molecule has 7 nitrogen and oxygen atoms in total. The Kier molecular flexibility index (Phi) is 5.69. The van der Waals surface area contributed by atoms with E-state index >= 15 is 0 Å². The summed E-state index contributed by atoms with van der Waals surface area (Å²) in [7, 11) is -1.90. The Bertz CT molecular complexity index is 843. The lowest BCUT2D eigenvalue weighted by Crippen LogP contribution is -2.52. The van der Waals surface area contributed by atoms with E-state index in [-0.39, 0.29) is 12.2 Å². The first-order valence-electron chi connectivity index (χ1n) is 8.42. The molecule has 9 heteroatoms. The van der Waals surface area contributed by atoms with E-state index in [0.717, 1.165) is 5.56 Å². The van der Waals surface area contributed by atoms with Crippen LogP contribution in [0.25, 0.3) is 0 Å². The molecule has 1 aliphatic heterocycles. The zero-order valence-corrected chi connectivity index (χ0v) is 16.5. The van der Waals surface area contributed by atoms with Crippen LogP contribution in [-0.2, 0) is 22.0 Å². The van der Waals surface area contributed by atoms with Gasteiger partial charge in [0.1, 0.15) is 11.9 Å². The van der Waals surface area contributed by atoms with E-state index in [1.54, 1.807) is 41.2 Å². The van der Waals surface area contributed by atoms with Crippen LogP contribution < -0.4 is 4.72 Å². The molecule has 2 heterocycles. The molecule has 1 aromatic heterocycles. The van der Waals surface area contributed by atoms with Gasteiger partial charge in [-0.25, -0.2) is 4.98 Å². The molecule has 0 unspecified atom stereocenters. The Morgan fingerprint density at radius 3 is 2.38 bits per heavy atom. The minimum absolute atomic E-state index is 0.155. The van der Waals surface area contributed by atoms with Crippen molar-refractivity contribution in [3.05, 3.63) is 53.1 Å². The molecule has 0 saturated carbocycles. The van der Waals surface area contributed by atoms with Gasteiger partial charge in [0, 0.05) is 37.6 Å². The smallest absolute Gasteiger partial charge is 0.280 e. The third-order valence-corrected chi connectivity index (χ3v) is 6.08. The molecule has 0 spiro atoms. The van der Waals surface area contributed by atoms with Gasteiger partial charge in [-0.15, -0.1) is 0 Å². The van der Waals surface area contributed by atoms with Gasteiger partial charge in [0.25, 0.3) is 10.2 Å². The number of aromatic nitrogens is 2. The first-order chi connectivity index (χ1) is 12.3. The molecule has 2 aromatic rings. The van der Waals surface area contributed by atoms with E-state index in [9.17, 15) is 8.42 Å².